The summed E-state index contributed by atoms with van der Waals surface area (Å²) in [7, 11) is 0. The average Bonchev–Trinajstić information content (AvgIpc) is 3.46. The Morgan fingerprint density at radius 3 is 2.51 bits per heavy atom. The Balaban J connectivity index is 1.47. The number of alkyl halides is 3. The minimum atomic E-state index is -4.44. The number of carbonyl (C=O) groups is 2. The normalized spacial score (nSPS) is 15.1. The summed E-state index contributed by atoms with van der Waals surface area (Å²) in [6, 6.07) is 3.76. The molecule has 1 aliphatic rings. The maximum absolute atomic E-state index is 12.7. The molecule has 1 unspecified atom stereocenters. The van der Waals surface area contributed by atoms with Crippen molar-refractivity contribution in [2.75, 3.05) is 31.5 Å². The van der Waals surface area contributed by atoms with E-state index in [0.29, 0.717) is 18.4 Å². The molecule has 2 heterocycles. The van der Waals surface area contributed by atoms with Crippen LogP contribution >= 0.6 is 11.5 Å². The lowest BCUT2D eigenvalue weighted by atomic mass is 10.1. The van der Waals surface area contributed by atoms with E-state index in [9.17, 15) is 27.9 Å². The lowest BCUT2D eigenvalue weighted by molar-refractivity contribution is -0.137. The van der Waals surface area contributed by atoms with Gasteiger partial charge in [-0.15, -0.1) is 0 Å². The Morgan fingerprint density at radius 1 is 1.20 bits per heavy atom. The molecule has 35 heavy (non-hydrogen) atoms. The molecule has 0 bridgehead atoms. The van der Waals surface area contributed by atoms with E-state index in [2.05, 4.69) is 19.9 Å². The van der Waals surface area contributed by atoms with Crippen LogP contribution in [0.4, 0.5) is 23.0 Å². The van der Waals surface area contributed by atoms with Crippen molar-refractivity contribution >= 4 is 28.5 Å². The Labute approximate surface area is 204 Å². The van der Waals surface area contributed by atoms with Crippen molar-refractivity contribution in [2.24, 2.45) is 5.73 Å². The van der Waals surface area contributed by atoms with E-state index in [1.807, 2.05) is 0 Å². The number of hydrogen-bond acceptors (Lipinski definition) is 7. The van der Waals surface area contributed by atoms with E-state index in [0.717, 1.165) is 43.3 Å². The summed E-state index contributed by atoms with van der Waals surface area (Å²) in [6.07, 6.45) is -1.60. The number of likely N-dealkylation sites (tertiary alicyclic amines) is 1. The molecule has 3 amide bonds. The first kappa shape index (κ1) is 26.7. The van der Waals surface area contributed by atoms with Gasteiger partial charge >= 0.3 is 12.2 Å². The van der Waals surface area contributed by atoms with Gasteiger partial charge in [-0.25, -0.2) is 4.79 Å². The van der Waals surface area contributed by atoms with Gasteiger partial charge in [-0.1, -0.05) is 12.1 Å². The second-order valence-electron chi connectivity index (χ2n) is 8.20. The molecule has 5 N–H and O–H groups in total. The topological polar surface area (TPSA) is 130 Å². The highest BCUT2D eigenvalue weighted by Crippen LogP contribution is 2.32. The zero-order valence-corrected chi connectivity index (χ0v) is 19.8. The molecule has 3 rings (SSSR count). The van der Waals surface area contributed by atoms with Gasteiger partial charge in [0.2, 0.25) is 5.88 Å². The van der Waals surface area contributed by atoms with Crippen molar-refractivity contribution in [3.63, 3.8) is 0 Å². The zero-order chi connectivity index (χ0) is 25.4. The Bertz CT molecular complexity index is 994. The third-order valence-electron chi connectivity index (χ3n) is 5.53. The number of carbonyl (C=O) groups excluding carboxylic acids is 2. The predicted molar refractivity (Wildman–Crippen MR) is 124 cm³/mol. The van der Waals surface area contributed by atoms with Gasteiger partial charge in [-0.3, -0.25) is 10.1 Å². The van der Waals surface area contributed by atoms with Crippen LogP contribution < -0.4 is 21.1 Å². The fourth-order valence-corrected chi connectivity index (χ4v) is 4.34. The van der Waals surface area contributed by atoms with Crippen molar-refractivity contribution in [1.82, 2.24) is 14.6 Å². The molecule has 0 aliphatic carbocycles. The number of amides is 3. The van der Waals surface area contributed by atoms with E-state index in [4.69, 9.17) is 10.5 Å². The van der Waals surface area contributed by atoms with Crippen LogP contribution in [0.15, 0.2) is 24.3 Å². The quantitative estimate of drug-likeness (QED) is 0.364. The van der Waals surface area contributed by atoms with Crippen molar-refractivity contribution in [3.05, 3.63) is 41.0 Å². The largest absolute Gasteiger partial charge is 0.472 e. The average molecular weight is 516 g/mol. The van der Waals surface area contributed by atoms with Crippen LogP contribution in [0.25, 0.3) is 0 Å². The SMILES string of the molecule is NC(=O)c1c(OCc2ccc(C(F)(F)F)cc2)nsc1NC(=O)NCCC(O)CCN1CCCC1. The van der Waals surface area contributed by atoms with Gasteiger partial charge in [0.1, 0.15) is 17.2 Å². The number of hydrogen-bond donors (Lipinski definition) is 4. The van der Waals surface area contributed by atoms with Crippen molar-refractivity contribution in [2.45, 2.75) is 44.6 Å². The number of aliphatic hydroxyl groups excluding tert-OH is 1. The molecule has 1 aromatic heterocycles. The second kappa shape index (κ2) is 12.2. The molecular weight excluding hydrogens is 487 g/mol. The van der Waals surface area contributed by atoms with Gasteiger partial charge in [-0.2, -0.15) is 17.5 Å². The number of primary amides is 1. The fourth-order valence-electron chi connectivity index (χ4n) is 3.60. The molecule has 1 aliphatic heterocycles. The molecule has 0 saturated carbocycles. The highest BCUT2D eigenvalue weighted by atomic mass is 32.1. The molecule has 2 aromatic rings. The number of aromatic nitrogens is 1. The number of aliphatic hydroxyl groups is 1. The smallest absolute Gasteiger partial charge is 0.416 e. The standard InChI is InChI=1S/C22H28F3N5O4S/c23-22(24,25)15-5-3-14(4-6-15)13-34-19-17(18(26)32)20(35-29-19)28-21(33)27-9-7-16(31)8-12-30-10-1-2-11-30/h3-6,16,31H,1-2,7-13H2,(H2,26,32)(H2,27,28,33). The molecule has 9 nitrogen and oxygen atoms in total. The predicted octanol–water partition coefficient (Wildman–Crippen LogP) is 3.20. The number of rotatable bonds is 11. The molecule has 1 saturated heterocycles. The van der Waals surface area contributed by atoms with Crippen LogP contribution in [0.1, 0.15) is 47.2 Å². The summed E-state index contributed by atoms with van der Waals surface area (Å²) in [5.74, 6) is -1.01. The molecule has 13 heteroatoms. The third-order valence-corrected chi connectivity index (χ3v) is 6.28. The summed E-state index contributed by atoms with van der Waals surface area (Å²) < 4.78 is 47.5. The molecule has 0 spiro atoms. The monoisotopic (exact) mass is 515 g/mol. The number of ether oxygens (including phenoxy) is 1. The zero-order valence-electron chi connectivity index (χ0n) is 18.9. The molecule has 0 radical (unpaired) electrons. The highest BCUT2D eigenvalue weighted by Gasteiger charge is 2.30. The number of nitrogens with one attached hydrogen (secondary N) is 2. The minimum absolute atomic E-state index is 0.0759. The van der Waals surface area contributed by atoms with Crippen LogP contribution in [0.2, 0.25) is 0 Å². The van der Waals surface area contributed by atoms with Gasteiger partial charge in [0.05, 0.1) is 11.7 Å². The van der Waals surface area contributed by atoms with Crippen molar-refractivity contribution in [1.29, 1.82) is 0 Å². The van der Waals surface area contributed by atoms with Gasteiger partial charge in [0.15, 0.2) is 0 Å². The summed E-state index contributed by atoms with van der Waals surface area (Å²) in [5, 5.41) is 15.3. The maximum atomic E-state index is 12.7. The molecule has 1 fully saturated rings. The van der Waals surface area contributed by atoms with Crippen molar-refractivity contribution < 1.29 is 32.6 Å². The fraction of sp³-hybridized carbons (Fsp3) is 0.500. The Hall–Kier alpha value is -2.90. The van der Waals surface area contributed by atoms with E-state index in [-0.39, 0.29) is 29.6 Å². The minimum Gasteiger partial charge on any atom is -0.472 e. The number of anilines is 1. The molecule has 192 valence electrons. The lowest BCUT2D eigenvalue weighted by Gasteiger charge is -2.17. The summed E-state index contributed by atoms with van der Waals surface area (Å²) >= 11 is 0.784. The number of nitrogens with two attached hydrogens (primary N) is 1. The van der Waals surface area contributed by atoms with Crippen LogP contribution in [0.5, 0.6) is 5.88 Å². The van der Waals surface area contributed by atoms with E-state index in [1.54, 1.807) is 0 Å². The first-order valence-corrected chi connectivity index (χ1v) is 11.9. The van der Waals surface area contributed by atoms with Crippen LogP contribution in [0.3, 0.4) is 0 Å². The third kappa shape index (κ3) is 8.08. The van der Waals surface area contributed by atoms with Crippen LogP contribution in [-0.2, 0) is 12.8 Å². The Morgan fingerprint density at radius 2 is 1.89 bits per heavy atom. The molecule has 1 aromatic carbocycles. The number of benzene rings is 1. The first-order chi connectivity index (χ1) is 16.6. The van der Waals surface area contributed by atoms with Gasteiger partial charge in [0, 0.05) is 13.1 Å². The van der Waals surface area contributed by atoms with E-state index in [1.165, 1.54) is 25.0 Å². The molecular formula is C22H28F3N5O4S. The van der Waals surface area contributed by atoms with Crippen LogP contribution in [-0.4, -0.2) is 58.6 Å². The van der Waals surface area contributed by atoms with Crippen molar-refractivity contribution in [3.8, 4) is 5.88 Å². The second-order valence-corrected chi connectivity index (χ2v) is 8.97. The highest BCUT2D eigenvalue weighted by molar-refractivity contribution is 7.11. The summed E-state index contributed by atoms with van der Waals surface area (Å²) in [4.78, 5) is 26.4. The number of halogens is 3. The molecule has 1 atom stereocenters. The van der Waals surface area contributed by atoms with E-state index < -0.39 is 29.8 Å². The van der Waals surface area contributed by atoms with Gasteiger partial charge in [-0.05, 0) is 68.0 Å². The van der Waals surface area contributed by atoms with Crippen LogP contribution in [0, 0.1) is 0 Å². The Kier molecular flexibility index (Phi) is 9.29. The maximum Gasteiger partial charge on any atom is 0.416 e. The number of nitrogens with zero attached hydrogens (tertiary/aromatic N) is 2. The summed E-state index contributed by atoms with van der Waals surface area (Å²) in [5.41, 5.74) is 4.91. The van der Waals surface area contributed by atoms with E-state index >= 15 is 0 Å². The first-order valence-electron chi connectivity index (χ1n) is 11.2. The van der Waals surface area contributed by atoms with Gasteiger partial charge in [0.25, 0.3) is 5.91 Å². The number of urea groups is 1. The van der Waals surface area contributed by atoms with Gasteiger partial charge < -0.3 is 25.8 Å². The summed E-state index contributed by atoms with van der Waals surface area (Å²) in [6.45, 7) is 3.02. The lowest BCUT2D eigenvalue weighted by Crippen LogP contribution is -2.32.